The minimum absolute atomic E-state index is 0.0829. The first-order valence-corrected chi connectivity index (χ1v) is 9.45. The molecule has 26 heavy (non-hydrogen) atoms. The van der Waals surface area contributed by atoms with Crippen molar-refractivity contribution in [2.24, 2.45) is 0 Å². The van der Waals surface area contributed by atoms with Gasteiger partial charge in [0.15, 0.2) is 0 Å². The fourth-order valence-corrected chi connectivity index (χ4v) is 3.81. The second kappa shape index (κ2) is 6.90. The second-order valence-corrected chi connectivity index (χ2v) is 7.32. The van der Waals surface area contributed by atoms with E-state index in [-0.39, 0.29) is 11.6 Å². The third-order valence-electron chi connectivity index (χ3n) is 4.52. The van der Waals surface area contributed by atoms with Crippen molar-refractivity contribution in [1.82, 2.24) is 20.1 Å². The molecule has 0 radical (unpaired) electrons. The Morgan fingerprint density at radius 1 is 1.23 bits per heavy atom. The number of pyridine rings is 1. The highest BCUT2D eigenvalue weighted by Crippen LogP contribution is 2.21. The second-order valence-electron chi connectivity index (χ2n) is 6.34. The molecular formula is C20H20N4OS. The van der Waals surface area contributed by atoms with Crippen LogP contribution in [-0.2, 0) is 6.54 Å². The maximum atomic E-state index is 12.6. The van der Waals surface area contributed by atoms with E-state index in [9.17, 15) is 4.79 Å². The molecule has 0 saturated heterocycles. The van der Waals surface area contributed by atoms with Gasteiger partial charge in [0.05, 0.1) is 11.4 Å². The van der Waals surface area contributed by atoms with Crippen LogP contribution < -0.4 is 10.9 Å². The molecule has 0 aliphatic carbocycles. The van der Waals surface area contributed by atoms with Crippen LogP contribution in [0.4, 0.5) is 0 Å². The number of nitrogens with zero attached hydrogens (tertiary/aromatic N) is 2. The molecule has 1 aromatic carbocycles. The van der Waals surface area contributed by atoms with Crippen molar-refractivity contribution in [1.29, 1.82) is 0 Å². The van der Waals surface area contributed by atoms with Crippen LogP contribution >= 0.6 is 11.3 Å². The van der Waals surface area contributed by atoms with Gasteiger partial charge in [-0.3, -0.25) is 4.79 Å². The normalized spacial score (nSPS) is 12.5. The SMILES string of the molecule is Cc1nn(-c2ccccc2)c2[nH]c(=O)c(CN[C@H](C)c3cccs3)cc12. The summed E-state index contributed by atoms with van der Waals surface area (Å²) in [5.74, 6) is 0. The molecule has 4 aromatic rings. The van der Waals surface area contributed by atoms with Crippen LogP contribution in [0.25, 0.3) is 16.7 Å². The minimum Gasteiger partial charge on any atom is -0.306 e. The lowest BCUT2D eigenvalue weighted by molar-refractivity contribution is 0.580. The highest BCUT2D eigenvalue weighted by atomic mass is 32.1. The Morgan fingerprint density at radius 3 is 2.77 bits per heavy atom. The lowest BCUT2D eigenvalue weighted by Gasteiger charge is -2.12. The van der Waals surface area contributed by atoms with Gasteiger partial charge in [0.2, 0.25) is 0 Å². The van der Waals surface area contributed by atoms with Gasteiger partial charge >= 0.3 is 0 Å². The Hall–Kier alpha value is -2.70. The van der Waals surface area contributed by atoms with Crippen molar-refractivity contribution >= 4 is 22.4 Å². The molecule has 3 heterocycles. The van der Waals surface area contributed by atoms with Gasteiger partial charge in [-0.25, -0.2) is 4.68 Å². The van der Waals surface area contributed by atoms with Gasteiger partial charge in [-0.15, -0.1) is 11.3 Å². The molecule has 0 saturated carbocycles. The van der Waals surface area contributed by atoms with Crippen molar-refractivity contribution in [3.63, 3.8) is 0 Å². The predicted octanol–water partition coefficient (Wildman–Crippen LogP) is 3.93. The summed E-state index contributed by atoms with van der Waals surface area (Å²) in [5, 5.41) is 11.1. The van der Waals surface area contributed by atoms with E-state index in [0.717, 1.165) is 28.0 Å². The summed E-state index contributed by atoms with van der Waals surface area (Å²) in [6.07, 6.45) is 0. The molecule has 0 spiro atoms. The summed E-state index contributed by atoms with van der Waals surface area (Å²) >= 11 is 1.71. The van der Waals surface area contributed by atoms with Crippen molar-refractivity contribution in [3.05, 3.63) is 80.4 Å². The minimum atomic E-state index is -0.0829. The van der Waals surface area contributed by atoms with E-state index >= 15 is 0 Å². The summed E-state index contributed by atoms with van der Waals surface area (Å²) in [4.78, 5) is 16.9. The standard InChI is InChI=1S/C20H20N4OS/c1-13-17-11-15(12-21-14(2)18-9-6-10-26-18)20(25)22-19(17)24(23-13)16-7-4-3-5-8-16/h3-11,14,21H,12H2,1-2H3,(H,22,25)/t14-/m1/s1. The first kappa shape index (κ1) is 16.8. The Balaban J connectivity index is 1.67. The quantitative estimate of drug-likeness (QED) is 0.564. The molecule has 6 heteroatoms. The molecular weight excluding hydrogens is 344 g/mol. The summed E-state index contributed by atoms with van der Waals surface area (Å²) in [7, 11) is 0. The molecule has 0 aliphatic heterocycles. The third kappa shape index (κ3) is 3.09. The number of thiophene rings is 1. The van der Waals surface area contributed by atoms with Crippen molar-refractivity contribution in [2.45, 2.75) is 26.4 Å². The van der Waals surface area contributed by atoms with Gasteiger partial charge in [0.1, 0.15) is 5.65 Å². The molecule has 2 N–H and O–H groups in total. The van der Waals surface area contributed by atoms with E-state index in [1.165, 1.54) is 4.88 Å². The number of aryl methyl sites for hydroxylation is 1. The van der Waals surface area contributed by atoms with Crippen LogP contribution in [0.1, 0.15) is 29.1 Å². The molecule has 5 nitrogen and oxygen atoms in total. The van der Waals surface area contributed by atoms with Crippen LogP contribution in [0, 0.1) is 6.92 Å². The van der Waals surface area contributed by atoms with Gasteiger partial charge < -0.3 is 10.3 Å². The summed E-state index contributed by atoms with van der Waals surface area (Å²) in [5.41, 5.74) is 3.19. The predicted molar refractivity (Wildman–Crippen MR) is 106 cm³/mol. The van der Waals surface area contributed by atoms with Crippen LogP contribution in [0.2, 0.25) is 0 Å². The van der Waals surface area contributed by atoms with Gasteiger partial charge in [-0.1, -0.05) is 24.3 Å². The van der Waals surface area contributed by atoms with Gasteiger partial charge in [0, 0.05) is 28.4 Å². The average molecular weight is 364 g/mol. The van der Waals surface area contributed by atoms with E-state index in [1.54, 1.807) is 16.0 Å². The van der Waals surface area contributed by atoms with Crippen molar-refractivity contribution in [3.8, 4) is 5.69 Å². The zero-order valence-electron chi connectivity index (χ0n) is 14.7. The largest absolute Gasteiger partial charge is 0.306 e. The molecule has 132 valence electrons. The number of fused-ring (bicyclic) bond motifs is 1. The zero-order valence-corrected chi connectivity index (χ0v) is 15.5. The van der Waals surface area contributed by atoms with E-state index in [4.69, 9.17) is 0 Å². The Labute approximate surface area is 155 Å². The molecule has 3 aromatic heterocycles. The van der Waals surface area contributed by atoms with E-state index in [0.29, 0.717) is 6.54 Å². The summed E-state index contributed by atoms with van der Waals surface area (Å²) in [6, 6.07) is 16.1. The molecule has 1 atom stereocenters. The van der Waals surface area contributed by atoms with Crippen molar-refractivity contribution < 1.29 is 0 Å². The third-order valence-corrected chi connectivity index (χ3v) is 5.57. The van der Waals surface area contributed by atoms with E-state index in [2.05, 4.69) is 33.8 Å². The Kier molecular flexibility index (Phi) is 4.44. The lowest BCUT2D eigenvalue weighted by Crippen LogP contribution is -2.23. The summed E-state index contributed by atoms with van der Waals surface area (Å²) in [6.45, 7) is 4.59. The van der Waals surface area contributed by atoms with Crippen molar-refractivity contribution in [2.75, 3.05) is 0 Å². The molecule has 0 bridgehead atoms. The average Bonchev–Trinajstić information content (AvgIpc) is 3.29. The van der Waals surface area contributed by atoms with Crippen LogP contribution in [0.3, 0.4) is 0 Å². The van der Waals surface area contributed by atoms with Gasteiger partial charge in [-0.05, 0) is 43.5 Å². The Bertz CT molecular complexity index is 1080. The Morgan fingerprint density at radius 2 is 2.04 bits per heavy atom. The van der Waals surface area contributed by atoms with E-state index < -0.39 is 0 Å². The maximum absolute atomic E-state index is 12.6. The highest BCUT2D eigenvalue weighted by molar-refractivity contribution is 7.10. The molecule has 0 unspecified atom stereocenters. The van der Waals surface area contributed by atoms with Gasteiger partial charge in [-0.2, -0.15) is 5.10 Å². The smallest absolute Gasteiger partial charge is 0.254 e. The van der Waals surface area contributed by atoms with Gasteiger partial charge in [0.25, 0.3) is 5.56 Å². The number of H-pyrrole nitrogens is 1. The maximum Gasteiger partial charge on any atom is 0.254 e. The monoisotopic (exact) mass is 364 g/mol. The van der Waals surface area contributed by atoms with Crippen LogP contribution in [-0.4, -0.2) is 14.8 Å². The number of para-hydroxylation sites is 1. The summed E-state index contributed by atoms with van der Waals surface area (Å²) < 4.78 is 1.79. The fourth-order valence-electron chi connectivity index (χ4n) is 3.05. The molecule has 4 rings (SSSR count). The number of benzene rings is 1. The molecule has 0 fully saturated rings. The topological polar surface area (TPSA) is 62.7 Å². The number of hydrogen-bond donors (Lipinski definition) is 2. The zero-order chi connectivity index (χ0) is 18.1. The van der Waals surface area contributed by atoms with Crippen LogP contribution in [0.15, 0.2) is 58.7 Å². The number of nitrogens with one attached hydrogen (secondary N) is 2. The number of aromatic amines is 1. The number of hydrogen-bond acceptors (Lipinski definition) is 4. The molecule has 0 aliphatic rings. The first-order valence-electron chi connectivity index (χ1n) is 8.57. The lowest BCUT2D eigenvalue weighted by atomic mass is 10.2. The number of rotatable bonds is 5. The van der Waals surface area contributed by atoms with Crippen LogP contribution in [0.5, 0.6) is 0 Å². The number of aromatic nitrogens is 3. The highest BCUT2D eigenvalue weighted by Gasteiger charge is 2.13. The first-order chi connectivity index (χ1) is 12.6. The molecule has 0 amide bonds. The van der Waals surface area contributed by atoms with E-state index in [1.807, 2.05) is 49.4 Å². The fraction of sp³-hybridized carbons (Fsp3) is 0.200.